The van der Waals surface area contributed by atoms with Gasteiger partial charge in [-0.2, -0.15) is 0 Å². The van der Waals surface area contributed by atoms with Gasteiger partial charge in [-0.15, -0.1) is 10.2 Å². The molecule has 1 aromatic carbocycles. The Morgan fingerprint density at radius 3 is 2.78 bits per heavy atom. The Bertz CT molecular complexity index is 541. The number of halogens is 1. The maximum atomic E-state index is 11.0. The van der Waals surface area contributed by atoms with Gasteiger partial charge < -0.3 is 9.15 Å². The third-order valence-electron chi connectivity index (χ3n) is 2.04. The summed E-state index contributed by atoms with van der Waals surface area (Å²) in [5.41, 5.74) is 0.854. The standard InChI is InChI=1S/C11H9IN2O3S/c1-16-9(15)6-18-11-14-13-10(17-11)7-2-4-8(12)5-3-7/h2-5H,6H2,1H3. The van der Waals surface area contributed by atoms with Crippen molar-refractivity contribution < 1.29 is 13.9 Å². The monoisotopic (exact) mass is 376 g/mol. The van der Waals surface area contributed by atoms with Gasteiger partial charge in [-0.25, -0.2) is 0 Å². The predicted molar refractivity (Wildman–Crippen MR) is 75.2 cm³/mol. The Hall–Kier alpha value is -1.09. The highest BCUT2D eigenvalue weighted by atomic mass is 127. The number of carbonyl (C=O) groups excluding carboxylic acids is 1. The third kappa shape index (κ3) is 3.45. The van der Waals surface area contributed by atoms with Crippen LogP contribution in [0, 0.1) is 3.57 Å². The molecule has 0 N–H and O–H groups in total. The first-order chi connectivity index (χ1) is 8.69. The van der Waals surface area contributed by atoms with Crippen molar-refractivity contribution in [1.29, 1.82) is 0 Å². The molecule has 1 heterocycles. The van der Waals surface area contributed by atoms with Crippen LogP contribution in [0.2, 0.25) is 0 Å². The number of ether oxygens (including phenoxy) is 1. The summed E-state index contributed by atoms with van der Waals surface area (Å²) in [7, 11) is 1.34. The number of nitrogens with zero attached hydrogens (tertiary/aromatic N) is 2. The second kappa shape index (κ2) is 6.19. The fourth-order valence-electron chi connectivity index (χ4n) is 1.16. The van der Waals surface area contributed by atoms with Gasteiger partial charge in [0.1, 0.15) is 5.75 Å². The highest BCUT2D eigenvalue weighted by Gasteiger charge is 2.10. The molecule has 0 unspecified atom stereocenters. The van der Waals surface area contributed by atoms with Crippen LogP contribution in [-0.4, -0.2) is 29.0 Å². The van der Waals surface area contributed by atoms with E-state index in [2.05, 4.69) is 37.5 Å². The van der Waals surface area contributed by atoms with Crippen LogP contribution in [0.15, 0.2) is 33.9 Å². The van der Waals surface area contributed by atoms with Gasteiger partial charge in [0.15, 0.2) is 0 Å². The quantitative estimate of drug-likeness (QED) is 0.464. The van der Waals surface area contributed by atoms with Crippen LogP contribution in [0.25, 0.3) is 11.5 Å². The average Bonchev–Trinajstić information content (AvgIpc) is 2.85. The van der Waals surface area contributed by atoms with E-state index in [0.29, 0.717) is 11.1 Å². The molecule has 0 atom stereocenters. The van der Waals surface area contributed by atoms with Gasteiger partial charge in [-0.3, -0.25) is 4.79 Å². The van der Waals surface area contributed by atoms with Crippen LogP contribution >= 0.6 is 34.4 Å². The molecular formula is C11H9IN2O3S. The fourth-order valence-corrected chi connectivity index (χ4v) is 2.11. The Labute approximate surface area is 121 Å². The highest BCUT2D eigenvalue weighted by molar-refractivity contribution is 14.1. The van der Waals surface area contributed by atoms with Crippen molar-refractivity contribution in [2.75, 3.05) is 12.9 Å². The first-order valence-electron chi connectivity index (χ1n) is 4.98. The maximum Gasteiger partial charge on any atom is 0.316 e. The number of thioether (sulfide) groups is 1. The molecule has 5 nitrogen and oxygen atoms in total. The van der Waals surface area contributed by atoms with Crippen molar-refractivity contribution in [3.8, 4) is 11.5 Å². The minimum absolute atomic E-state index is 0.158. The number of hydrogen-bond acceptors (Lipinski definition) is 6. The van der Waals surface area contributed by atoms with Crippen LogP contribution in [0.5, 0.6) is 0 Å². The van der Waals surface area contributed by atoms with Crippen LogP contribution in [0.3, 0.4) is 0 Å². The zero-order valence-corrected chi connectivity index (χ0v) is 12.4. The number of hydrogen-bond donors (Lipinski definition) is 0. The van der Waals surface area contributed by atoms with E-state index in [-0.39, 0.29) is 11.7 Å². The molecule has 0 aliphatic rings. The lowest BCUT2D eigenvalue weighted by atomic mass is 10.2. The molecular weight excluding hydrogens is 367 g/mol. The van der Waals surface area contributed by atoms with E-state index in [1.807, 2.05) is 24.3 Å². The van der Waals surface area contributed by atoms with Crippen molar-refractivity contribution in [2.24, 2.45) is 0 Å². The number of aromatic nitrogens is 2. The molecule has 0 radical (unpaired) electrons. The minimum Gasteiger partial charge on any atom is -0.468 e. The molecule has 0 fully saturated rings. The average molecular weight is 376 g/mol. The van der Waals surface area contributed by atoms with Crippen molar-refractivity contribution in [3.63, 3.8) is 0 Å². The van der Waals surface area contributed by atoms with Crippen molar-refractivity contribution in [3.05, 3.63) is 27.8 Å². The molecule has 0 spiro atoms. The molecule has 2 rings (SSSR count). The fraction of sp³-hybridized carbons (Fsp3) is 0.182. The predicted octanol–water partition coefficient (Wildman–Crippen LogP) is 2.61. The van der Waals surface area contributed by atoms with E-state index in [1.165, 1.54) is 7.11 Å². The number of rotatable bonds is 4. The lowest BCUT2D eigenvalue weighted by Gasteiger charge is -1.95. The summed E-state index contributed by atoms with van der Waals surface area (Å²) >= 11 is 3.38. The lowest BCUT2D eigenvalue weighted by Crippen LogP contribution is -2.02. The van der Waals surface area contributed by atoms with Crippen LogP contribution < -0.4 is 0 Å². The Balaban J connectivity index is 2.06. The van der Waals surface area contributed by atoms with E-state index in [0.717, 1.165) is 20.9 Å². The molecule has 1 aromatic heterocycles. The summed E-state index contributed by atoms with van der Waals surface area (Å²) in [6.07, 6.45) is 0. The summed E-state index contributed by atoms with van der Waals surface area (Å²) in [5, 5.41) is 8.14. The van der Waals surface area contributed by atoms with Gasteiger partial charge in [0, 0.05) is 9.13 Å². The number of benzene rings is 1. The Morgan fingerprint density at radius 1 is 1.39 bits per heavy atom. The highest BCUT2D eigenvalue weighted by Crippen LogP contribution is 2.23. The van der Waals surface area contributed by atoms with E-state index >= 15 is 0 Å². The smallest absolute Gasteiger partial charge is 0.316 e. The van der Waals surface area contributed by atoms with Crippen molar-refractivity contribution >= 4 is 40.3 Å². The van der Waals surface area contributed by atoms with Gasteiger partial charge in [-0.1, -0.05) is 11.8 Å². The maximum absolute atomic E-state index is 11.0. The third-order valence-corrected chi connectivity index (χ3v) is 3.55. The molecule has 0 bridgehead atoms. The summed E-state index contributed by atoms with van der Waals surface area (Å²) in [5.74, 6) is 0.276. The van der Waals surface area contributed by atoms with E-state index < -0.39 is 0 Å². The lowest BCUT2D eigenvalue weighted by molar-refractivity contribution is -0.137. The first kappa shape index (κ1) is 13.3. The van der Waals surface area contributed by atoms with E-state index in [4.69, 9.17) is 4.42 Å². The number of methoxy groups -OCH3 is 1. The zero-order valence-electron chi connectivity index (χ0n) is 9.42. The largest absolute Gasteiger partial charge is 0.468 e. The molecule has 0 saturated heterocycles. The normalized spacial score (nSPS) is 10.3. The Morgan fingerprint density at radius 2 is 2.11 bits per heavy atom. The number of carbonyl (C=O) groups is 1. The molecule has 7 heteroatoms. The topological polar surface area (TPSA) is 65.2 Å². The summed E-state index contributed by atoms with van der Waals surface area (Å²) < 4.78 is 11.1. The molecule has 0 saturated carbocycles. The molecule has 0 aliphatic carbocycles. The summed E-state index contributed by atoms with van der Waals surface area (Å²) in [6.45, 7) is 0. The minimum atomic E-state index is -0.325. The van der Waals surface area contributed by atoms with Gasteiger partial charge in [-0.05, 0) is 46.9 Å². The van der Waals surface area contributed by atoms with Crippen LogP contribution in [-0.2, 0) is 9.53 Å². The SMILES string of the molecule is COC(=O)CSc1nnc(-c2ccc(I)cc2)o1. The van der Waals surface area contributed by atoms with E-state index in [1.54, 1.807) is 0 Å². The van der Waals surface area contributed by atoms with Gasteiger partial charge in [0.05, 0.1) is 7.11 Å². The first-order valence-corrected chi connectivity index (χ1v) is 7.04. The second-order valence-electron chi connectivity index (χ2n) is 3.24. The van der Waals surface area contributed by atoms with Gasteiger partial charge in [0.25, 0.3) is 5.22 Å². The van der Waals surface area contributed by atoms with Crippen LogP contribution in [0.1, 0.15) is 0 Å². The van der Waals surface area contributed by atoms with E-state index in [9.17, 15) is 4.79 Å². The number of esters is 1. The zero-order chi connectivity index (χ0) is 13.0. The molecule has 0 aliphatic heterocycles. The molecule has 0 amide bonds. The van der Waals surface area contributed by atoms with Crippen LogP contribution in [0.4, 0.5) is 0 Å². The molecule has 2 aromatic rings. The van der Waals surface area contributed by atoms with Crippen molar-refractivity contribution in [2.45, 2.75) is 5.22 Å². The Kier molecular flexibility index (Phi) is 4.59. The van der Waals surface area contributed by atoms with Crippen molar-refractivity contribution in [1.82, 2.24) is 10.2 Å². The van der Waals surface area contributed by atoms with Gasteiger partial charge >= 0.3 is 5.97 Å². The molecule has 94 valence electrons. The van der Waals surface area contributed by atoms with Gasteiger partial charge in [0.2, 0.25) is 5.89 Å². The second-order valence-corrected chi connectivity index (χ2v) is 5.42. The molecule has 18 heavy (non-hydrogen) atoms. The summed E-state index contributed by atoms with van der Waals surface area (Å²) in [4.78, 5) is 11.0. The summed E-state index contributed by atoms with van der Waals surface area (Å²) in [6, 6.07) is 7.73.